The van der Waals surface area contributed by atoms with E-state index >= 15 is 0 Å². The van der Waals surface area contributed by atoms with Crippen molar-refractivity contribution in [2.75, 3.05) is 6.54 Å². The summed E-state index contributed by atoms with van der Waals surface area (Å²) in [4.78, 5) is 29.4. The molecule has 2 amide bonds. The number of amides is 2. The smallest absolute Gasteiger partial charge is 0.246 e. The first-order valence-electron chi connectivity index (χ1n) is 4.84. The van der Waals surface area contributed by atoms with Crippen molar-refractivity contribution < 1.29 is 9.59 Å². The standard InChI is InChI=1S/C9H12N4O2/c14-8(6-7-10-3-4-11-7)12-13-5-1-2-9(13)15/h3-4H,1-2,5-6H2,(H,10,11)(H,12,14). The minimum absolute atomic E-state index is 0.0252. The molecule has 0 bridgehead atoms. The van der Waals surface area contributed by atoms with Crippen molar-refractivity contribution in [1.82, 2.24) is 20.4 Å². The van der Waals surface area contributed by atoms with E-state index in [1.54, 1.807) is 12.4 Å². The summed E-state index contributed by atoms with van der Waals surface area (Å²) in [5.74, 6) is 0.349. The first kappa shape index (κ1) is 9.70. The summed E-state index contributed by atoms with van der Waals surface area (Å²) in [5, 5.41) is 1.37. The molecule has 1 aromatic rings. The zero-order valence-electron chi connectivity index (χ0n) is 8.19. The average Bonchev–Trinajstić information content (AvgIpc) is 2.79. The maximum Gasteiger partial charge on any atom is 0.246 e. The number of aromatic amines is 1. The number of nitrogens with zero attached hydrogens (tertiary/aromatic N) is 2. The molecule has 0 unspecified atom stereocenters. The monoisotopic (exact) mass is 208 g/mol. The van der Waals surface area contributed by atoms with Crippen molar-refractivity contribution in [3.05, 3.63) is 18.2 Å². The van der Waals surface area contributed by atoms with Gasteiger partial charge in [-0.05, 0) is 6.42 Å². The molecule has 1 aromatic heterocycles. The Balaban J connectivity index is 1.84. The van der Waals surface area contributed by atoms with Gasteiger partial charge in [0, 0.05) is 25.4 Å². The Labute approximate surface area is 86.6 Å². The van der Waals surface area contributed by atoms with Crippen LogP contribution in [0.15, 0.2) is 12.4 Å². The molecule has 0 aliphatic carbocycles. The van der Waals surface area contributed by atoms with Gasteiger partial charge in [-0.3, -0.25) is 20.0 Å². The SMILES string of the molecule is O=C(Cc1ncc[nH]1)NN1CCCC1=O. The number of rotatable bonds is 3. The molecule has 0 atom stereocenters. The van der Waals surface area contributed by atoms with Gasteiger partial charge in [-0.25, -0.2) is 4.98 Å². The van der Waals surface area contributed by atoms with Gasteiger partial charge in [-0.1, -0.05) is 0 Å². The topological polar surface area (TPSA) is 78.1 Å². The Morgan fingerprint density at radius 1 is 1.67 bits per heavy atom. The van der Waals surface area contributed by atoms with Gasteiger partial charge >= 0.3 is 0 Å². The second kappa shape index (κ2) is 4.12. The molecule has 6 nitrogen and oxygen atoms in total. The van der Waals surface area contributed by atoms with Gasteiger partial charge in [0.1, 0.15) is 5.82 Å². The normalized spacial score (nSPS) is 15.7. The zero-order chi connectivity index (χ0) is 10.7. The molecular weight excluding hydrogens is 196 g/mol. The van der Waals surface area contributed by atoms with Crippen molar-refractivity contribution in [1.29, 1.82) is 0 Å². The van der Waals surface area contributed by atoms with E-state index in [2.05, 4.69) is 15.4 Å². The summed E-state index contributed by atoms with van der Waals surface area (Å²) in [7, 11) is 0. The summed E-state index contributed by atoms with van der Waals surface area (Å²) in [6.45, 7) is 0.600. The van der Waals surface area contributed by atoms with E-state index in [1.807, 2.05) is 0 Å². The van der Waals surface area contributed by atoms with Gasteiger partial charge in [-0.15, -0.1) is 0 Å². The summed E-state index contributed by atoms with van der Waals surface area (Å²) in [6, 6.07) is 0. The lowest BCUT2D eigenvalue weighted by Gasteiger charge is -2.15. The summed E-state index contributed by atoms with van der Waals surface area (Å²) in [5.41, 5.74) is 2.55. The minimum atomic E-state index is -0.222. The zero-order valence-corrected chi connectivity index (χ0v) is 8.19. The van der Waals surface area contributed by atoms with Crippen LogP contribution in [0.25, 0.3) is 0 Å². The van der Waals surface area contributed by atoms with Gasteiger partial charge < -0.3 is 4.98 Å². The minimum Gasteiger partial charge on any atom is -0.348 e. The fourth-order valence-electron chi connectivity index (χ4n) is 1.50. The number of hydrogen-bond acceptors (Lipinski definition) is 3. The highest BCUT2D eigenvalue weighted by Crippen LogP contribution is 2.06. The van der Waals surface area contributed by atoms with Crippen LogP contribution in [0.1, 0.15) is 18.7 Å². The van der Waals surface area contributed by atoms with Crippen molar-refractivity contribution >= 4 is 11.8 Å². The lowest BCUT2D eigenvalue weighted by Crippen LogP contribution is -2.43. The molecule has 2 N–H and O–H groups in total. The van der Waals surface area contributed by atoms with E-state index in [1.165, 1.54) is 5.01 Å². The lowest BCUT2D eigenvalue weighted by molar-refractivity contribution is -0.137. The van der Waals surface area contributed by atoms with Gasteiger partial charge in [-0.2, -0.15) is 0 Å². The first-order valence-corrected chi connectivity index (χ1v) is 4.84. The van der Waals surface area contributed by atoms with Gasteiger partial charge in [0.25, 0.3) is 0 Å². The molecule has 1 aliphatic heterocycles. The first-order chi connectivity index (χ1) is 7.25. The number of carbonyl (C=O) groups excluding carboxylic acids is 2. The van der Waals surface area contributed by atoms with E-state index < -0.39 is 0 Å². The second-order valence-electron chi connectivity index (χ2n) is 3.40. The molecule has 1 saturated heterocycles. The summed E-state index contributed by atoms with van der Waals surface area (Å²) < 4.78 is 0. The maximum absolute atomic E-state index is 11.4. The molecular formula is C9H12N4O2. The number of carbonyl (C=O) groups is 2. The number of H-pyrrole nitrogens is 1. The Bertz CT molecular complexity index is 360. The Hall–Kier alpha value is -1.85. The van der Waals surface area contributed by atoms with Crippen LogP contribution in [0.5, 0.6) is 0 Å². The van der Waals surface area contributed by atoms with Crippen LogP contribution in [-0.4, -0.2) is 33.3 Å². The van der Waals surface area contributed by atoms with Crippen LogP contribution in [0.2, 0.25) is 0 Å². The van der Waals surface area contributed by atoms with Gasteiger partial charge in [0.15, 0.2) is 0 Å². The van der Waals surface area contributed by atoms with E-state index in [9.17, 15) is 9.59 Å². The Kier molecular flexibility index (Phi) is 2.66. The number of nitrogens with one attached hydrogen (secondary N) is 2. The molecule has 0 spiro atoms. The predicted molar refractivity (Wildman–Crippen MR) is 51.4 cm³/mol. The molecule has 1 aliphatic rings. The molecule has 6 heteroatoms. The van der Waals surface area contributed by atoms with Crippen molar-refractivity contribution in [3.63, 3.8) is 0 Å². The van der Waals surface area contributed by atoms with Crippen LogP contribution in [-0.2, 0) is 16.0 Å². The average molecular weight is 208 g/mol. The fraction of sp³-hybridized carbons (Fsp3) is 0.444. The van der Waals surface area contributed by atoms with Gasteiger partial charge in [0.2, 0.25) is 11.8 Å². The number of imidazole rings is 1. The van der Waals surface area contributed by atoms with E-state index in [0.717, 1.165) is 6.42 Å². The molecule has 2 heterocycles. The quantitative estimate of drug-likeness (QED) is 0.709. The van der Waals surface area contributed by atoms with E-state index in [4.69, 9.17) is 0 Å². The third-order valence-electron chi connectivity index (χ3n) is 2.22. The highest BCUT2D eigenvalue weighted by Gasteiger charge is 2.21. The fourth-order valence-corrected chi connectivity index (χ4v) is 1.50. The summed E-state index contributed by atoms with van der Waals surface area (Å²) >= 11 is 0. The molecule has 2 rings (SSSR count). The second-order valence-corrected chi connectivity index (χ2v) is 3.40. The van der Waals surface area contributed by atoms with Crippen molar-refractivity contribution in [3.8, 4) is 0 Å². The highest BCUT2D eigenvalue weighted by atomic mass is 16.2. The van der Waals surface area contributed by atoms with Gasteiger partial charge in [0.05, 0.1) is 6.42 Å². The van der Waals surface area contributed by atoms with Crippen LogP contribution >= 0.6 is 0 Å². The number of aromatic nitrogens is 2. The molecule has 15 heavy (non-hydrogen) atoms. The van der Waals surface area contributed by atoms with Crippen molar-refractivity contribution in [2.45, 2.75) is 19.3 Å². The predicted octanol–water partition coefficient (Wildman–Crippen LogP) is -0.394. The lowest BCUT2D eigenvalue weighted by atomic mass is 10.4. The van der Waals surface area contributed by atoms with E-state index in [0.29, 0.717) is 18.8 Å². The molecule has 80 valence electrons. The van der Waals surface area contributed by atoms with Crippen LogP contribution in [0.4, 0.5) is 0 Å². The van der Waals surface area contributed by atoms with Crippen molar-refractivity contribution in [2.24, 2.45) is 0 Å². The maximum atomic E-state index is 11.4. The third kappa shape index (κ3) is 2.34. The number of hydrazine groups is 1. The number of hydrogen-bond donors (Lipinski definition) is 2. The Morgan fingerprint density at radius 2 is 2.53 bits per heavy atom. The van der Waals surface area contributed by atoms with Crippen LogP contribution in [0, 0.1) is 0 Å². The largest absolute Gasteiger partial charge is 0.348 e. The van der Waals surface area contributed by atoms with Crippen LogP contribution in [0.3, 0.4) is 0 Å². The molecule has 1 fully saturated rings. The Morgan fingerprint density at radius 3 is 3.13 bits per heavy atom. The third-order valence-corrected chi connectivity index (χ3v) is 2.22. The van der Waals surface area contributed by atoms with E-state index in [-0.39, 0.29) is 18.2 Å². The summed E-state index contributed by atoms with van der Waals surface area (Å²) in [6.07, 6.45) is 4.73. The van der Waals surface area contributed by atoms with Crippen LogP contribution < -0.4 is 5.43 Å². The highest BCUT2D eigenvalue weighted by molar-refractivity contribution is 5.83. The molecule has 0 aromatic carbocycles. The molecule has 0 radical (unpaired) electrons. The molecule has 0 saturated carbocycles.